The van der Waals surface area contributed by atoms with Gasteiger partial charge in [-0.25, -0.2) is 28.7 Å². The highest BCUT2D eigenvalue weighted by Crippen LogP contribution is 2.12. The van der Waals surface area contributed by atoms with E-state index in [2.05, 4.69) is 10.2 Å². The molecule has 0 fully saturated rings. The second kappa shape index (κ2) is 3.78. The highest BCUT2D eigenvalue weighted by atomic mass is 19.1. The molecule has 4 N–H and O–H groups in total. The van der Waals surface area contributed by atoms with Crippen molar-refractivity contribution in [1.82, 2.24) is 14.8 Å². The van der Waals surface area contributed by atoms with Crippen molar-refractivity contribution in [2.75, 3.05) is 0 Å². The fourth-order valence-electron chi connectivity index (χ4n) is 1.47. The smallest absolute Gasteiger partial charge is 0.326 e. The summed E-state index contributed by atoms with van der Waals surface area (Å²) in [4.78, 5) is 22.7. The van der Waals surface area contributed by atoms with Crippen molar-refractivity contribution in [2.24, 2.45) is 5.73 Å². The van der Waals surface area contributed by atoms with Crippen molar-refractivity contribution >= 4 is 0 Å². The molecule has 7 heteroatoms. The normalized spacial score (nSPS) is 10.6. The van der Waals surface area contributed by atoms with Crippen LogP contribution >= 0.6 is 0 Å². The molecule has 16 heavy (non-hydrogen) atoms. The van der Waals surface area contributed by atoms with E-state index in [1.807, 2.05) is 0 Å². The molecule has 6 nitrogen and oxygen atoms in total. The Morgan fingerprint density at radius 3 is 2.44 bits per heavy atom. The summed E-state index contributed by atoms with van der Waals surface area (Å²) in [6.45, 7) is 0.0319. The van der Waals surface area contributed by atoms with Crippen LogP contribution < -0.4 is 17.1 Å². The van der Waals surface area contributed by atoms with Crippen LogP contribution in [-0.2, 0) is 6.54 Å². The van der Waals surface area contributed by atoms with Crippen molar-refractivity contribution in [3.8, 4) is 5.69 Å². The molecular formula is C9H9FN4O2. The van der Waals surface area contributed by atoms with Gasteiger partial charge in [-0.1, -0.05) is 0 Å². The number of rotatable bonds is 2. The lowest BCUT2D eigenvalue weighted by atomic mass is 10.1. The molecular weight excluding hydrogens is 215 g/mol. The van der Waals surface area contributed by atoms with Gasteiger partial charge in [-0.3, -0.25) is 0 Å². The molecule has 1 aromatic heterocycles. The van der Waals surface area contributed by atoms with Gasteiger partial charge in [0.05, 0.1) is 5.69 Å². The third-order valence-corrected chi connectivity index (χ3v) is 2.18. The van der Waals surface area contributed by atoms with Crippen molar-refractivity contribution in [3.63, 3.8) is 0 Å². The van der Waals surface area contributed by atoms with Gasteiger partial charge < -0.3 is 5.73 Å². The molecule has 0 saturated carbocycles. The maximum atomic E-state index is 12.9. The van der Waals surface area contributed by atoms with Crippen LogP contribution in [-0.4, -0.2) is 14.8 Å². The van der Waals surface area contributed by atoms with Gasteiger partial charge in [0.2, 0.25) is 0 Å². The summed E-state index contributed by atoms with van der Waals surface area (Å²) in [5.74, 6) is -0.468. The topological polar surface area (TPSA) is 96.7 Å². The number of hydrogen-bond acceptors (Lipinski definition) is 3. The summed E-state index contributed by atoms with van der Waals surface area (Å²) < 4.78 is 13.8. The molecule has 0 atom stereocenters. The minimum atomic E-state index is -0.619. The monoisotopic (exact) mass is 224 g/mol. The molecule has 1 aromatic carbocycles. The zero-order valence-corrected chi connectivity index (χ0v) is 8.16. The van der Waals surface area contributed by atoms with Crippen molar-refractivity contribution in [2.45, 2.75) is 6.54 Å². The maximum Gasteiger partial charge on any atom is 0.348 e. The quantitative estimate of drug-likeness (QED) is 0.638. The Kier molecular flexibility index (Phi) is 2.45. The molecule has 0 bridgehead atoms. The van der Waals surface area contributed by atoms with Gasteiger partial charge in [0.1, 0.15) is 5.82 Å². The van der Waals surface area contributed by atoms with Crippen molar-refractivity contribution in [1.29, 1.82) is 0 Å². The van der Waals surface area contributed by atoms with Crippen LogP contribution in [0, 0.1) is 5.82 Å². The zero-order valence-electron chi connectivity index (χ0n) is 8.16. The standard InChI is InChI=1S/C9H9FN4O2/c10-6-1-2-7(5(3-6)4-11)14-8(15)12-13-9(14)16/h1-3H,4,11H2,(H,12,15)(H,13,16). The second-order valence-corrected chi connectivity index (χ2v) is 3.17. The van der Waals surface area contributed by atoms with E-state index in [9.17, 15) is 14.0 Å². The van der Waals surface area contributed by atoms with Crippen LogP contribution in [0.3, 0.4) is 0 Å². The largest absolute Gasteiger partial charge is 0.348 e. The van der Waals surface area contributed by atoms with E-state index in [1.165, 1.54) is 12.1 Å². The Balaban J connectivity index is 2.74. The third kappa shape index (κ3) is 1.57. The molecule has 0 unspecified atom stereocenters. The van der Waals surface area contributed by atoms with E-state index < -0.39 is 17.2 Å². The average molecular weight is 224 g/mol. The minimum absolute atomic E-state index is 0.0319. The summed E-state index contributed by atoms with van der Waals surface area (Å²) in [5.41, 5.74) is 4.84. The predicted octanol–water partition coefficient (Wildman–Crippen LogP) is -0.548. The number of aromatic amines is 2. The Morgan fingerprint density at radius 2 is 1.88 bits per heavy atom. The lowest BCUT2D eigenvalue weighted by Gasteiger charge is -2.05. The van der Waals surface area contributed by atoms with Crippen LogP contribution in [0.1, 0.15) is 5.56 Å². The third-order valence-electron chi connectivity index (χ3n) is 2.18. The predicted molar refractivity (Wildman–Crippen MR) is 54.9 cm³/mol. The van der Waals surface area contributed by atoms with Gasteiger partial charge in [-0.15, -0.1) is 0 Å². The second-order valence-electron chi connectivity index (χ2n) is 3.17. The highest BCUT2D eigenvalue weighted by molar-refractivity contribution is 5.40. The first-order chi connectivity index (χ1) is 7.63. The number of benzene rings is 1. The molecule has 0 aliphatic rings. The maximum absolute atomic E-state index is 12.9. The number of halogens is 1. The van der Waals surface area contributed by atoms with E-state index >= 15 is 0 Å². The summed E-state index contributed by atoms with van der Waals surface area (Å²) in [7, 11) is 0. The lowest BCUT2D eigenvalue weighted by Crippen LogP contribution is -2.26. The van der Waals surface area contributed by atoms with Gasteiger partial charge in [0.25, 0.3) is 0 Å². The summed E-state index contributed by atoms with van der Waals surface area (Å²) in [6.07, 6.45) is 0. The molecule has 1 heterocycles. The van der Waals surface area contributed by atoms with Crippen LogP contribution in [0.25, 0.3) is 5.69 Å². The van der Waals surface area contributed by atoms with Gasteiger partial charge in [-0.2, -0.15) is 0 Å². The Bertz CT molecular complexity index is 597. The molecule has 2 rings (SSSR count). The van der Waals surface area contributed by atoms with Crippen LogP contribution in [0.5, 0.6) is 0 Å². The first-order valence-corrected chi connectivity index (χ1v) is 4.52. The average Bonchev–Trinajstić information content (AvgIpc) is 2.59. The van der Waals surface area contributed by atoms with Crippen molar-refractivity contribution in [3.05, 3.63) is 50.5 Å². The van der Waals surface area contributed by atoms with Crippen molar-refractivity contribution < 1.29 is 4.39 Å². The molecule has 0 aliphatic heterocycles. The number of nitrogens with zero attached hydrogens (tertiary/aromatic N) is 1. The number of nitrogens with one attached hydrogen (secondary N) is 2. The van der Waals surface area contributed by atoms with E-state index in [1.54, 1.807) is 0 Å². The highest BCUT2D eigenvalue weighted by Gasteiger charge is 2.10. The fraction of sp³-hybridized carbons (Fsp3) is 0.111. The molecule has 84 valence electrons. The zero-order chi connectivity index (χ0) is 11.7. The van der Waals surface area contributed by atoms with E-state index in [0.717, 1.165) is 10.6 Å². The van der Waals surface area contributed by atoms with E-state index in [4.69, 9.17) is 5.73 Å². The van der Waals surface area contributed by atoms with Gasteiger partial charge >= 0.3 is 11.4 Å². The number of nitrogens with two attached hydrogens (primary N) is 1. The van der Waals surface area contributed by atoms with Gasteiger partial charge in [-0.05, 0) is 23.8 Å². The van der Waals surface area contributed by atoms with E-state index in [0.29, 0.717) is 5.56 Å². The molecule has 0 aliphatic carbocycles. The molecule has 2 aromatic rings. The van der Waals surface area contributed by atoms with Crippen LogP contribution in [0.4, 0.5) is 4.39 Å². The first-order valence-electron chi connectivity index (χ1n) is 4.52. The molecule has 0 saturated heterocycles. The summed E-state index contributed by atoms with van der Waals surface area (Å²) in [5, 5.41) is 4.27. The number of hydrogen-bond donors (Lipinski definition) is 3. The van der Waals surface area contributed by atoms with Crippen LogP contribution in [0.2, 0.25) is 0 Å². The fourth-order valence-corrected chi connectivity index (χ4v) is 1.47. The van der Waals surface area contributed by atoms with E-state index in [-0.39, 0.29) is 12.2 Å². The molecule has 0 spiro atoms. The lowest BCUT2D eigenvalue weighted by molar-refractivity contribution is 0.624. The number of aromatic nitrogens is 3. The molecule has 0 amide bonds. The summed E-state index contributed by atoms with van der Waals surface area (Å²) in [6, 6.07) is 3.68. The molecule has 0 radical (unpaired) electrons. The SMILES string of the molecule is NCc1cc(F)ccc1-n1c(=O)[nH][nH]c1=O. The number of H-pyrrole nitrogens is 2. The van der Waals surface area contributed by atoms with Gasteiger partial charge in [0.15, 0.2) is 0 Å². The first kappa shape index (κ1) is 10.4. The Hall–Kier alpha value is -2.15. The van der Waals surface area contributed by atoms with Gasteiger partial charge in [0, 0.05) is 6.54 Å². The summed E-state index contributed by atoms with van der Waals surface area (Å²) >= 11 is 0. The Labute approximate surface area is 88.5 Å². The Morgan fingerprint density at radius 1 is 1.25 bits per heavy atom. The minimum Gasteiger partial charge on any atom is -0.326 e. The van der Waals surface area contributed by atoms with Crippen LogP contribution in [0.15, 0.2) is 27.8 Å².